The Morgan fingerprint density at radius 1 is 1.33 bits per heavy atom. The van der Waals surface area contributed by atoms with Crippen LogP contribution >= 0.6 is 0 Å². The summed E-state index contributed by atoms with van der Waals surface area (Å²) < 4.78 is 5.62. The van der Waals surface area contributed by atoms with Crippen LogP contribution < -0.4 is 10.5 Å². The number of benzene rings is 1. The molecule has 2 heteroatoms. The minimum Gasteiger partial charge on any atom is -0.493 e. The number of fused-ring (bicyclic) bond motifs is 3. The molecular weight excluding hydrogens is 186 g/mol. The highest BCUT2D eigenvalue weighted by atomic mass is 16.5. The van der Waals surface area contributed by atoms with Crippen molar-refractivity contribution >= 4 is 0 Å². The summed E-state index contributed by atoms with van der Waals surface area (Å²) in [6.07, 6.45) is 4.74. The van der Waals surface area contributed by atoms with Crippen molar-refractivity contribution in [3.8, 4) is 5.75 Å². The van der Waals surface area contributed by atoms with Crippen molar-refractivity contribution in [1.82, 2.24) is 0 Å². The van der Waals surface area contributed by atoms with E-state index in [1.807, 2.05) is 0 Å². The van der Waals surface area contributed by atoms with E-state index < -0.39 is 0 Å². The fraction of sp³-hybridized carbons (Fsp3) is 0.538. The molecule has 0 saturated carbocycles. The molecule has 0 spiro atoms. The topological polar surface area (TPSA) is 35.2 Å². The van der Waals surface area contributed by atoms with E-state index in [1.54, 1.807) is 5.56 Å². The molecule has 15 heavy (non-hydrogen) atoms. The molecule has 1 aromatic rings. The molecule has 0 aromatic heterocycles. The van der Waals surface area contributed by atoms with Gasteiger partial charge in [0.25, 0.3) is 0 Å². The van der Waals surface area contributed by atoms with Crippen LogP contribution in [-0.2, 0) is 12.8 Å². The van der Waals surface area contributed by atoms with Gasteiger partial charge in [-0.3, -0.25) is 0 Å². The number of aryl methyl sites for hydroxylation is 1. The molecule has 0 bridgehead atoms. The molecule has 3 rings (SSSR count). The molecule has 2 nitrogen and oxygen atoms in total. The summed E-state index contributed by atoms with van der Waals surface area (Å²) in [6, 6.07) is 4.39. The molecule has 1 unspecified atom stereocenters. The Morgan fingerprint density at radius 3 is 3.13 bits per heavy atom. The normalized spacial score (nSPS) is 22.3. The van der Waals surface area contributed by atoms with Crippen molar-refractivity contribution in [2.24, 2.45) is 5.73 Å². The number of rotatable bonds is 2. The van der Waals surface area contributed by atoms with Crippen LogP contribution in [0.15, 0.2) is 12.1 Å². The first-order valence-corrected chi connectivity index (χ1v) is 5.87. The van der Waals surface area contributed by atoms with Crippen LogP contribution in [-0.4, -0.2) is 13.2 Å². The van der Waals surface area contributed by atoms with E-state index in [4.69, 9.17) is 10.5 Å². The maximum atomic E-state index is 5.68. The number of hydrogen-bond donors (Lipinski definition) is 1. The van der Waals surface area contributed by atoms with Crippen molar-refractivity contribution in [1.29, 1.82) is 0 Å². The van der Waals surface area contributed by atoms with Gasteiger partial charge in [0.05, 0.1) is 6.61 Å². The monoisotopic (exact) mass is 203 g/mol. The van der Waals surface area contributed by atoms with Gasteiger partial charge in [0.2, 0.25) is 0 Å². The van der Waals surface area contributed by atoms with Crippen LogP contribution in [0.5, 0.6) is 5.75 Å². The maximum Gasteiger partial charge on any atom is 0.122 e. The molecule has 1 aliphatic carbocycles. The lowest BCUT2D eigenvalue weighted by molar-refractivity contribution is 0.357. The van der Waals surface area contributed by atoms with Crippen LogP contribution in [0.2, 0.25) is 0 Å². The van der Waals surface area contributed by atoms with E-state index in [1.165, 1.54) is 24.0 Å². The summed E-state index contributed by atoms with van der Waals surface area (Å²) in [4.78, 5) is 0. The third-order valence-electron chi connectivity index (χ3n) is 3.70. The first-order chi connectivity index (χ1) is 7.40. The summed E-state index contributed by atoms with van der Waals surface area (Å²) in [5.74, 6) is 1.82. The predicted octanol–water partition coefficient (Wildman–Crippen LogP) is 2.00. The van der Waals surface area contributed by atoms with E-state index in [0.29, 0.717) is 5.92 Å². The van der Waals surface area contributed by atoms with Gasteiger partial charge in [-0.1, -0.05) is 6.07 Å². The molecule has 0 radical (unpaired) electrons. The van der Waals surface area contributed by atoms with E-state index >= 15 is 0 Å². The van der Waals surface area contributed by atoms with E-state index in [2.05, 4.69) is 12.1 Å². The summed E-state index contributed by atoms with van der Waals surface area (Å²) in [5.41, 5.74) is 10.3. The standard InChI is InChI=1S/C13H17NO/c14-7-5-10-2-1-9-3-4-12-11(13(9)10)6-8-15-12/h3-4,10H,1-2,5-8,14H2. The Balaban J connectivity index is 2.05. The fourth-order valence-electron chi connectivity index (χ4n) is 3.04. The number of ether oxygens (including phenoxy) is 1. The second kappa shape index (κ2) is 3.53. The predicted molar refractivity (Wildman–Crippen MR) is 60.4 cm³/mol. The molecule has 1 aliphatic heterocycles. The average Bonchev–Trinajstić information content (AvgIpc) is 2.83. The van der Waals surface area contributed by atoms with E-state index in [-0.39, 0.29) is 0 Å². The van der Waals surface area contributed by atoms with Crippen molar-refractivity contribution < 1.29 is 4.74 Å². The molecular formula is C13H17NO. The van der Waals surface area contributed by atoms with Gasteiger partial charge in [0.1, 0.15) is 5.75 Å². The van der Waals surface area contributed by atoms with Gasteiger partial charge >= 0.3 is 0 Å². The van der Waals surface area contributed by atoms with Crippen LogP contribution in [0.1, 0.15) is 35.4 Å². The largest absolute Gasteiger partial charge is 0.493 e. The number of nitrogens with two attached hydrogens (primary N) is 1. The molecule has 2 aliphatic rings. The molecule has 0 fully saturated rings. The van der Waals surface area contributed by atoms with Gasteiger partial charge in [-0.05, 0) is 48.9 Å². The minimum absolute atomic E-state index is 0.696. The first-order valence-electron chi connectivity index (χ1n) is 5.87. The van der Waals surface area contributed by atoms with Crippen LogP contribution in [0.4, 0.5) is 0 Å². The molecule has 2 N–H and O–H groups in total. The first kappa shape index (κ1) is 9.22. The zero-order chi connectivity index (χ0) is 10.3. The SMILES string of the molecule is NCCC1CCc2ccc3c(c21)CCO3. The van der Waals surface area contributed by atoms with E-state index in [9.17, 15) is 0 Å². The lowest BCUT2D eigenvalue weighted by atomic mass is 9.92. The van der Waals surface area contributed by atoms with Gasteiger partial charge in [-0.15, -0.1) is 0 Å². The van der Waals surface area contributed by atoms with Crippen molar-refractivity contribution in [2.75, 3.05) is 13.2 Å². The second-order valence-electron chi connectivity index (χ2n) is 4.53. The number of hydrogen-bond acceptors (Lipinski definition) is 2. The van der Waals surface area contributed by atoms with Gasteiger partial charge in [-0.25, -0.2) is 0 Å². The maximum absolute atomic E-state index is 5.68. The third-order valence-corrected chi connectivity index (χ3v) is 3.70. The van der Waals surface area contributed by atoms with Crippen molar-refractivity contribution in [3.05, 3.63) is 28.8 Å². The highest BCUT2D eigenvalue weighted by molar-refractivity contribution is 5.51. The highest BCUT2D eigenvalue weighted by Crippen LogP contribution is 2.42. The smallest absolute Gasteiger partial charge is 0.122 e. The minimum atomic E-state index is 0.696. The summed E-state index contributed by atoms with van der Waals surface area (Å²) in [5, 5.41) is 0. The Morgan fingerprint density at radius 2 is 2.27 bits per heavy atom. The Labute approximate surface area is 90.4 Å². The van der Waals surface area contributed by atoms with Gasteiger partial charge in [0.15, 0.2) is 0 Å². The van der Waals surface area contributed by atoms with Crippen molar-refractivity contribution in [2.45, 2.75) is 31.6 Å². The molecule has 0 amide bonds. The molecule has 80 valence electrons. The highest BCUT2D eigenvalue weighted by Gasteiger charge is 2.28. The fourth-order valence-corrected chi connectivity index (χ4v) is 3.04. The van der Waals surface area contributed by atoms with Crippen LogP contribution in [0, 0.1) is 0 Å². The quantitative estimate of drug-likeness (QED) is 0.798. The van der Waals surface area contributed by atoms with E-state index in [0.717, 1.165) is 31.7 Å². The Hall–Kier alpha value is -1.02. The molecule has 1 heterocycles. The van der Waals surface area contributed by atoms with Gasteiger partial charge in [-0.2, -0.15) is 0 Å². The Bertz CT molecular complexity index is 384. The Kier molecular flexibility index (Phi) is 2.17. The van der Waals surface area contributed by atoms with Gasteiger partial charge < -0.3 is 10.5 Å². The third kappa shape index (κ3) is 1.36. The van der Waals surface area contributed by atoms with Crippen LogP contribution in [0.3, 0.4) is 0 Å². The lowest BCUT2D eigenvalue weighted by Gasteiger charge is -2.13. The molecule has 1 aromatic carbocycles. The zero-order valence-corrected chi connectivity index (χ0v) is 8.96. The van der Waals surface area contributed by atoms with Crippen molar-refractivity contribution in [3.63, 3.8) is 0 Å². The summed E-state index contributed by atoms with van der Waals surface area (Å²) in [6.45, 7) is 1.66. The lowest BCUT2D eigenvalue weighted by Crippen LogP contribution is -2.06. The zero-order valence-electron chi connectivity index (χ0n) is 8.96. The molecule has 1 atom stereocenters. The summed E-state index contributed by atoms with van der Waals surface area (Å²) >= 11 is 0. The summed E-state index contributed by atoms with van der Waals surface area (Å²) in [7, 11) is 0. The van der Waals surface area contributed by atoms with Gasteiger partial charge in [0, 0.05) is 12.0 Å². The average molecular weight is 203 g/mol. The second-order valence-corrected chi connectivity index (χ2v) is 4.53. The van der Waals surface area contributed by atoms with Crippen LogP contribution in [0.25, 0.3) is 0 Å². The molecule has 0 saturated heterocycles.